The highest BCUT2D eigenvalue weighted by Gasteiger charge is 2.28. The molecule has 0 aliphatic rings. The summed E-state index contributed by atoms with van der Waals surface area (Å²) in [6.45, 7) is 6.40. The second kappa shape index (κ2) is 8.74. The molecule has 0 N–H and O–H groups in total. The number of ether oxygens (including phenoxy) is 1. The molecule has 0 amide bonds. The number of hydrogen-bond donors (Lipinski definition) is 0. The molecule has 0 aliphatic heterocycles. The number of rotatable bonds is 9. The zero-order valence-corrected chi connectivity index (χ0v) is 11.1. The molecular weight excluding hydrogens is 231 g/mol. The van der Waals surface area contributed by atoms with Gasteiger partial charge in [-0.25, -0.2) is 0 Å². The first kappa shape index (κ1) is 15.6. The molecule has 0 spiro atoms. The van der Waals surface area contributed by atoms with Crippen molar-refractivity contribution in [2.24, 2.45) is 0 Å². The fraction of sp³-hybridized carbons (Fsp3) is 0.900. The van der Waals surface area contributed by atoms with Crippen LogP contribution in [0.5, 0.6) is 0 Å². The van der Waals surface area contributed by atoms with Gasteiger partial charge in [-0.3, -0.25) is 9.36 Å². The minimum absolute atomic E-state index is 0.264. The van der Waals surface area contributed by atoms with Crippen molar-refractivity contribution in [3.63, 3.8) is 0 Å². The smallest absolute Gasteiger partial charge is 0.341 e. The molecule has 0 rings (SSSR count). The third-order valence-corrected chi connectivity index (χ3v) is 3.41. The first-order valence-corrected chi connectivity index (χ1v) is 7.34. The van der Waals surface area contributed by atoms with Crippen LogP contribution in [0.15, 0.2) is 0 Å². The van der Waals surface area contributed by atoms with Crippen molar-refractivity contribution in [1.29, 1.82) is 0 Å². The lowest BCUT2D eigenvalue weighted by Gasteiger charge is -2.17. The molecule has 0 radical (unpaired) electrons. The van der Waals surface area contributed by atoms with Crippen molar-refractivity contribution in [3.05, 3.63) is 0 Å². The largest absolute Gasteiger partial charge is 0.466 e. The Morgan fingerprint density at radius 2 is 1.56 bits per heavy atom. The molecule has 0 aromatic rings. The van der Waals surface area contributed by atoms with Gasteiger partial charge in [-0.05, 0) is 19.8 Å². The Hall–Kier alpha value is -0.380. The Morgan fingerprint density at radius 1 is 1.06 bits per heavy atom. The summed E-state index contributed by atoms with van der Waals surface area (Å²) in [6.07, 6.45) is 1.14. The zero-order valence-electron chi connectivity index (χ0n) is 10.2. The minimum atomic E-state index is -3.31. The minimum Gasteiger partial charge on any atom is -0.466 e. The summed E-state index contributed by atoms with van der Waals surface area (Å²) >= 11 is 0. The average molecular weight is 252 g/mol. The van der Waals surface area contributed by atoms with Crippen molar-refractivity contribution in [3.8, 4) is 0 Å². The highest BCUT2D eigenvalue weighted by Crippen LogP contribution is 2.48. The van der Waals surface area contributed by atoms with E-state index in [4.69, 9.17) is 13.8 Å². The third-order valence-electron chi connectivity index (χ3n) is 1.61. The molecule has 0 saturated carbocycles. The van der Waals surface area contributed by atoms with Gasteiger partial charge in [0.05, 0.1) is 19.8 Å². The van der Waals surface area contributed by atoms with Crippen LogP contribution in [-0.2, 0) is 23.1 Å². The van der Waals surface area contributed by atoms with Crippen molar-refractivity contribution < 1.29 is 23.1 Å². The Labute approximate surface area is 97.0 Å². The van der Waals surface area contributed by atoms with Crippen molar-refractivity contribution in [2.45, 2.75) is 33.6 Å². The van der Waals surface area contributed by atoms with Crippen LogP contribution >= 0.6 is 7.60 Å². The van der Waals surface area contributed by atoms with Gasteiger partial charge in [0.15, 0.2) is 0 Å². The van der Waals surface area contributed by atoms with Crippen LogP contribution < -0.4 is 0 Å². The first-order chi connectivity index (χ1) is 7.58. The summed E-state index contributed by atoms with van der Waals surface area (Å²) in [5.74, 6) is -0.543. The molecule has 0 saturated heterocycles. The van der Waals surface area contributed by atoms with Gasteiger partial charge >= 0.3 is 13.6 Å². The predicted molar refractivity (Wildman–Crippen MR) is 61.6 cm³/mol. The van der Waals surface area contributed by atoms with E-state index in [0.29, 0.717) is 13.2 Å². The van der Waals surface area contributed by atoms with E-state index in [9.17, 15) is 9.36 Å². The van der Waals surface area contributed by atoms with Crippen molar-refractivity contribution in [1.82, 2.24) is 0 Å². The fourth-order valence-electron chi connectivity index (χ4n) is 0.954. The van der Waals surface area contributed by atoms with Crippen LogP contribution in [0.4, 0.5) is 0 Å². The predicted octanol–water partition coefficient (Wildman–Crippen LogP) is 2.60. The maximum absolute atomic E-state index is 12.1. The molecule has 0 aromatic carbocycles. The Kier molecular flexibility index (Phi) is 8.53. The quantitative estimate of drug-likeness (QED) is 0.466. The first-order valence-electron chi connectivity index (χ1n) is 5.61. The van der Waals surface area contributed by atoms with E-state index in [2.05, 4.69) is 0 Å². The van der Waals surface area contributed by atoms with E-state index in [1.807, 2.05) is 13.8 Å². The lowest BCUT2D eigenvalue weighted by Crippen LogP contribution is -2.13. The normalized spacial score (nSPS) is 11.4. The van der Waals surface area contributed by atoms with Crippen LogP contribution in [0.3, 0.4) is 0 Å². The van der Waals surface area contributed by atoms with E-state index < -0.39 is 13.6 Å². The van der Waals surface area contributed by atoms with Gasteiger partial charge in [-0.15, -0.1) is 0 Å². The Morgan fingerprint density at radius 3 is 1.94 bits per heavy atom. The molecule has 6 heteroatoms. The van der Waals surface area contributed by atoms with Gasteiger partial charge in [-0.1, -0.05) is 13.8 Å². The van der Waals surface area contributed by atoms with E-state index >= 15 is 0 Å². The van der Waals surface area contributed by atoms with Crippen LogP contribution in [0, 0.1) is 0 Å². The SMILES string of the molecule is CCCOP(=O)(CC(=O)OCC)OCCC. The lowest BCUT2D eigenvalue weighted by atomic mass is 10.5. The highest BCUT2D eigenvalue weighted by molar-refractivity contribution is 7.54. The molecule has 0 aromatic heterocycles. The Bertz CT molecular complexity index is 229. The molecule has 96 valence electrons. The van der Waals surface area contributed by atoms with Gasteiger partial charge in [0.2, 0.25) is 0 Å². The number of carbonyl (C=O) groups excluding carboxylic acids is 1. The van der Waals surface area contributed by atoms with E-state index in [-0.39, 0.29) is 12.8 Å². The van der Waals surface area contributed by atoms with Gasteiger partial charge in [0, 0.05) is 0 Å². The third kappa shape index (κ3) is 6.99. The Balaban J connectivity index is 4.28. The number of hydrogen-bond acceptors (Lipinski definition) is 5. The molecule has 0 atom stereocenters. The molecule has 5 nitrogen and oxygen atoms in total. The van der Waals surface area contributed by atoms with Crippen LogP contribution in [0.1, 0.15) is 33.6 Å². The summed E-state index contributed by atoms with van der Waals surface area (Å²) in [7, 11) is -3.31. The summed E-state index contributed by atoms with van der Waals surface area (Å²) in [5, 5.41) is 0. The van der Waals surface area contributed by atoms with Crippen molar-refractivity contribution >= 4 is 13.6 Å². The summed E-state index contributed by atoms with van der Waals surface area (Å²) in [4.78, 5) is 11.2. The standard InChI is InChI=1S/C10H21O5P/c1-4-7-14-16(12,15-8-5-2)9-10(11)13-6-3/h4-9H2,1-3H3. The van der Waals surface area contributed by atoms with Gasteiger partial charge in [0.25, 0.3) is 0 Å². The number of esters is 1. The van der Waals surface area contributed by atoms with Crippen LogP contribution in [0.25, 0.3) is 0 Å². The monoisotopic (exact) mass is 252 g/mol. The average Bonchev–Trinajstić information content (AvgIpc) is 2.24. The molecule has 0 bridgehead atoms. The topological polar surface area (TPSA) is 61.8 Å². The zero-order chi connectivity index (χ0) is 12.4. The summed E-state index contributed by atoms with van der Waals surface area (Å²) in [5.41, 5.74) is 0. The maximum atomic E-state index is 12.1. The molecule has 0 aliphatic carbocycles. The highest BCUT2D eigenvalue weighted by atomic mass is 31.2. The summed E-state index contributed by atoms with van der Waals surface area (Å²) in [6, 6.07) is 0. The van der Waals surface area contributed by atoms with Crippen molar-refractivity contribution in [2.75, 3.05) is 26.0 Å². The molecule has 0 fully saturated rings. The molecule has 0 heterocycles. The number of carbonyl (C=O) groups is 1. The van der Waals surface area contributed by atoms with Gasteiger partial charge in [-0.2, -0.15) is 0 Å². The van der Waals surface area contributed by atoms with Crippen LogP contribution in [0.2, 0.25) is 0 Å². The second-order valence-electron chi connectivity index (χ2n) is 3.24. The molecule has 0 unspecified atom stereocenters. The fourth-order valence-corrected chi connectivity index (χ4v) is 2.54. The summed E-state index contributed by atoms with van der Waals surface area (Å²) < 4.78 is 27.1. The van der Waals surface area contributed by atoms with Gasteiger partial charge in [0.1, 0.15) is 6.16 Å². The van der Waals surface area contributed by atoms with E-state index in [1.54, 1.807) is 6.92 Å². The van der Waals surface area contributed by atoms with Crippen LogP contribution in [-0.4, -0.2) is 32.0 Å². The molecule has 16 heavy (non-hydrogen) atoms. The maximum Gasteiger partial charge on any atom is 0.341 e. The second-order valence-corrected chi connectivity index (χ2v) is 5.29. The lowest BCUT2D eigenvalue weighted by molar-refractivity contribution is -0.140. The van der Waals surface area contributed by atoms with E-state index in [1.165, 1.54) is 0 Å². The molecular formula is C10H21O5P. The van der Waals surface area contributed by atoms with Gasteiger partial charge < -0.3 is 13.8 Å². The van der Waals surface area contributed by atoms with E-state index in [0.717, 1.165) is 12.8 Å².